The van der Waals surface area contributed by atoms with E-state index < -0.39 is 16.8 Å². The van der Waals surface area contributed by atoms with Crippen LogP contribution in [0.25, 0.3) is 0 Å². The first-order chi connectivity index (χ1) is 11.4. The molecule has 7 heteroatoms. The van der Waals surface area contributed by atoms with Crippen LogP contribution in [0.2, 0.25) is 0 Å². The van der Waals surface area contributed by atoms with Gasteiger partial charge in [-0.15, -0.1) is 0 Å². The monoisotopic (exact) mass is 355 g/mol. The number of rotatable bonds is 8. The summed E-state index contributed by atoms with van der Waals surface area (Å²) in [5.74, 6) is -0.978. The number of carbonyl (C=O) groups excluding carboxylic acids is 1. The SMILES string of the molecule is COC(=O)C[C@H](CCC1(C)OCCO1)NS(=O)c1ccc(C)cc1. The molecule has 0 aromatic heterocycles. The third-order valence-corrected chi connectivity index (χ3v) is 5.24. The fraction of sp³-hybridized carbons (Fsp3) is 0.588. The van der Waals surface area contributed by atoms with Crippen molar-refractivity contribution < 1.29 is 23.2 Å². The van der Waals surface area contributed by atoms with E-state index in [1.165, 1.54) is 7.11 Å². The van der Waals surface area contributed by atoms with Crippen molar-refractivity contribution in [2.45, 2.75) is 49.8 Å². The van der Waals surface area contributed by atoms with E-state index in [2.05, 4.69) is 4.72 Å². The van der Waals surface area contributed by atoms with Crippen molar-refractivity contribution in [3.05, 3.63) is 29.8 Å². The van der Waals surface area contributed by atoms with Crippen LogP contribution in [-0.2, 0) is 30.0 Å². The number of hydrogen-bond donors (Lipinski definition) is 1. The Morgan fingerprint density at radius 1 is 1.33 bits per heavy atom. The summed E-state index contributed by atoms with van der Waals surface area (Å²) in [6.45, 7) is 5.00. The van der Waals surface area contributed by atoms with Gasteiger partial charge in [0.1, 0.15) is 11.0 Å². The topological polar surface area (TPSA) is 73.9 Å². The molecule has 0 aliphatic carbocycles. The van der Waals surface area contributed by atoms with Crippen molar-refractivity contribution in [2.75, 3.05) is 20.3 Å². The summed E-state index contributed by atoms with van der Waals surface area (Å²) in [5.41, 5.74) is 1.10. The summed E-state index contributed by atoms with van der Waals surface area (Å²) in [4.78, 5) is 12.3. The summed E-state index contributed by atoms with van der Waals surface area (Å²) in [7, 11) is -0.0481. The van der Waals surface area contributed by atoms with Crippen LogP contribution >= 0.6 is 0 Å². The molecule has 1 unspecified atom stereocenters. The first-order valence-electron chi connectivity index (χ1n) is 8.01. The quantitative estimate of drug-likeness (QED) is 0.723. The van der Waals surface area contributed by atoms with Gasteiger partial charge < -0.3 is 14.2 Å². The maximum atomic E-state index is 12.5. The van der Waals surface area contributed by atoms with Crippen molar-refractivity contribution in [1.82, 2.24) is 4.72 Å². The Labute approximate surface area is 145 Å². The molecule has 0 bridgehead atoms. The molecule has 0 saturated carbocycles. The average Bonchev–Trinajstić information content (AvgIpc) is 3.00. The van der Waals surface area contributed by atoms with Gasteiger partial charge in [-0.05, 0) is 32.4 Å². The molecule has 134 valence electrons. The van der Waals surface area contributed by atoms with Crippen LogP contribution in [-0.4, -0.2) is 42.3 Å². The first-order valence-corrected chi connectivity index (χ1v) is 9.16. The molecule has 1 saturated heterocycles. The highest BCUT2D eigenvalue weighted by Gasteiger charge is 2.32. The third-order valence-electron chi connectivity index (χ3n) is 3.99. The maximum absolute atomic E-state index is 12.5. The zero-order chi connectivity index (χ0) is 17.6. The van der Waals surface area contributed by atoms with E-state index in [1.54, 1.807) is 0 Å². The van der Waals surface area contributed by atoms with Crippen LogP contribution in [0.15, 0.2) is 29.2 Å². The molecular weight excluding hydrogens is 330 g/mol. The number of hydrogen-bond acceptors (Lipinski definition) is 5. The maximum Gasteiger partial charge on any atom is 0.307 e. The molecule has 2 rings (SSSR count). The third kappa shape index (κ3) is 5.66. The molecule has 0 spiro atoms. The van der Waals surface area contributed by atoms with Gasteiger partial charge in [-0.25, -0.2) is 8.93 Å². The fourth-order valence-corrected chi connectivity index (χ4v) is 3.53. The Kier molecular flexibility index (Phi) is 6.91. The summed E-state index contributed by atoms with van der Waals surface area (Å²) in [5, 5.41) is 0. The smallest absolute Gasteiger partial charge is 0.307 e. The van der Waals surface area contributed by atoms with Gasteiger partial charge in [0.25, 0.3) is 0 Å². The van der Waals surface area contributed by atoms with Crippen LogP contribution < -0.4 is 4.72 Å². The van der Waals surface area contributed by atoms with Crippen LogP contribution in [0.4, 0.5) is 0 Å². The van der Waals surface area contributed by atoms with Crippen LogP contribution in [0, 0.1) is 6.92 Å². The zero-order valence-corrected chi connectivity index (χ0v) is 15.2. The number of nitrogens with one attached hydrogen (secondary N) is 1. The zero-order valence-electron chi connectivity index (χ0n) is 14.4. The number of ether oxygens (including phenoxy) is 3. The molecule has 24 heavy (non-hydrogen) atoms. The Hall–Kier alpha value is -1.28. The van der Waals surface area contributed by atoms with Crippen molar-refractivity contribution in [3.8, 4) is 0 Å². The average molecular weight is 355 g/mol. The van der Waals surface area contributed by atoms with E-state index in [-0.39, 0.29) is 18.4 Å². The van der Waals surface area contributed by atoms with E-state index >= 15 is 0 Å². The standard InChI is InChI=1S/C17H25NO5S/c1-13-4-6-15(7-5-13)24(20)18-14(12-16(19)21-3)8-9-17(2)22-10-11-23-17/h4-7,14,18H,8-12H2,1-3H3/t14-,24?/m0/s1. The predicted molar refractivity (Wildman–Crippen MR) is 90.7 cm³/mol. The van der Waals surface area contributed by atoms with E-state index in [0.717, 1.165) is 5.56 Å². The lowest BCUT2D eigenvalue weighted by molar-refractivity contribution is -0.150. The minimum absolute atomic E-state index is 0.143. The molecule has 1 aromatic carbocycles. The van der Waals surface area contributed by atoms with Crippen molar-refractivity contribution >= 4 is 17.0 Å². The number of aryl methyl sites for hydroxylation is 1. The highest BCUT2D eigenvalue weighted by molar-refractivity contribution is 7.83. The van der Waals surface area contributed by atoms with Crippen molar-refractivity contribution in [2.24, 2.45) is 0 Å². The normalized spacial score (nSPS) is 19.0. The van der Waals surface area contributed by atoms with Gasteiger partial charge in [-0.3, -0.25) is 4.79 Å². The van der Waals surface area contributed by atoms with Gasteiger partial charge in [0.05, 0.1) is 31.6 Å². The number of carbonyl (C=O) groups is 1. The van der Waals surface area contributed by atoms with Gasteiger partial charge in [0, 0.05) is 12.5 Å². The molecule has 2 atom stereocenters. The summed E-state index contributed by atoms with van der Waals surface area (Å²) >= 11 is 0. The van der Waals surface area contributed by atoms with E-state index in [1.807, 2.05) is 38.1 Å². The highest BCUT2D eigenvalue weighted by Crippen LogP contribution is 2.25. The summed E-state index contributed by atoms with van der Waals surface area (Å²) < 4.78 is 31.4. The van der Waals surface area contributed by atoms with Crippen LogP contribution in [0.1, 0.15) is 31.7 Å². The van der Waals surface area contributed by atoms with Crippen molar-refractivity contribution in [1.29, 1.82) is 0 Å². The second-order valence-corrected chi connectivity index (χ2v) is 7.29. The second kappa shape index (κ2) is 8.71. The van der Waals surface area contributed by atoms with Gasteiger partial charge >= 0.3 is 5.97 Å². The van der Waals surface area contributed by atoms with Crippen LogP contribution in [0.5, 0.6) is 0 Å². The highest BCUT2D eigenvalue weighted by atomic mass is 32.2. The molecule has 1 fully saturated rings. The lowest BCUT2D eigenvalue weighted by Gasteiger charge is -2.25. The molecule has 0 amide bonds. The minimum atomic E-state index is -1.40. The van der Waals surface area contributed by atoms with E-state index in [4.69, 9.17) is 14.2 Å². The summed E-state index contributed by atoms with van der Waals surface area (Å²) in [6.07, 6.45) is 1.33. The number of methoxy groups -OCH3 is 1. The lowest BCUT2D eigenvalue weighted by Crippen LogP contribution is -2.36. The Bertz CT molecular complexity index is 569. The molecule has 1 heterocycles. The molecule has 0 radical (unpaired) electrons. The van der Waals surface area contributed by atoms with Gasteiger partial charge in [0.2, 0.25) is 0 Å². The van der Waals surface area contributed by atoms with Crippen LogP contribution in [0.3, 0.4) is 0 Å². The van der Waals surface area contributed by atoms with Gasteiger partial charge in [-0.2, -0.15) is 0 Å². The Morgan fingerprint density at radius 3 is 2.54 bits per heavy atom. The molecule has 1 aliphatic rings. The first kappa shape index (κ1) is 19.1. The predicted octanol–water partition coefficient (Wildman–Crippen LogP) is 2.08. The number of esters is 1. The number of benzene rings is 1. The Morgan fingerprint density at radius 2 is 1.96 bits per heavy atom. The summed E-state index contributed by atoms with van der Waals surface area (Å²) in [6, 6.07) is 7.16. The van der Waals surface area contributed by atoms with Gasteiger partial charge in [0.15, 0.2) is 5.79 Å². The molecule has 1 N–H and O–H groups in total. The lowest BCUT2D eigenvalue weighted by atomic mass is 10.0. The van der Waals surface area contributed by atoms with Gasteiger partial charge in [-0.1, -0.05) is 17.7 Å². The fourth-order valence-electron chi connectivity index (χ4n) is 2.51. The van der Waals surface area contributed by atoms with E-state index in [9.17, 15) is 9.00 Å². The van der Waals surface area contributed by atoms with E-state index in [0.29, 0.717) is 31.0 Å². The Balaban J connectivity index is 1.97. The minimum Gasteiger partial charge on any atom is -0.469 e. The largest absolute Gasteiger partial charge is 0.469 e. The molecule has 1 aliphatic heterocycles. The molecular formula is C17H25NO5S. The molecule has 1 aromatic rings. The second-order valence-electron chi connectivity index (χ2n) is 6.05. The van der Waals surface area contributed by atoms with Crippen molar-refractivity contribution in [3.63, 3.8) is 0 Å². The molecule has 6 nitrogen and oxygen atoms in total.